The van der Waals surface area contributed by atoms with E-state index in [-0.39, 0.29) is 18.0 Å². The molecule has 102 valence electrons. The van der Waals surface area contributed by atoms with E-state index in [4.69, 9.17) is 15.7 Å². The molecule has 0 fully saturated rings. The Morgan fingerprint density at radius 1 is 1.35 bits per heavy atom. The Hall–Kier alpha value is -2.26. The van der Waals surface area contributed by atoms with Crippen LogP contribution in [0.5, 0.6) is 5.75 Å². The molecule has 0 aliphatic rings. The summed E-state index contributed by atoms with van der Waals surface area (Å²) in [5.74, 6) is 0.953. The monoisotopic (exact) mass is 286 g/mol. The van der Waals surface area contributed by atoms with Gasteiger partial charge in [-0.15, -0.1) is 0 Å². The van der Waals surface area contributed by atoms with Crippen molar-refractivity contribution < 1.29 is 4.74 Å². The minimum atomic E-state index is 0.189. The molecule has 20 heavy (non-hydrogen) atoms. The van der Waals surface area contributed by atoms with Crippen LogP contribution in [0.3, 0.4) is 0 Å². The van der Waals surface area contributed by atoms with Gasteiger partial charge in [0.1, 0.15) is 35.5 Å². The molecule has 2 N–H and O–H groups in total. The van der Waals surface area contributed by atoms with Crippen LogP contribution in [0.25, 0.3) is 0 Å². The van der Waals surface area contributed by atoms with Gasteiger partial charge in [-0.3, -0.25) is 0 Å². The summed E-state index contributed by atoms with van der Waals surface area (Å²) in [7, 11) is 0. The number of benzene rings is 1. The van der Waals surface area contributed by atoms with Crippen LogP contribution in [0.4, 0.5) is 5.82 Å². The minimum absolute atomic E-state index is 0.189. The first-order valence-electron chi connectivity index (χ1n) is 5.94. The number of nitrogen functional groups attached to an aromatic ring is 1. The van der Waals surface area contributed by atoms with Crippen molar-refractivity contribution in [2.24, 2.45) is 0 Å². The number of rotatable bonds is 4. The number of anilines is 1. The van der Waals surface area contributed by atoms with Crippen LogP contribution >= 0.6 is 11.8 Å². The first kappa shape index (κ1) is 14.2. The molecule has 0 aliphatic carbocycles. The van der Waals surface area contributed by atoms with Crippen molar-refractivity contribution in [3.63, 3.8) is 0 Å². The highest BCUT2D eigenvalue weighted by molar-refractivity contribution is 7.98. The summed E-state index contributed by atoms with van der Waals surface area (Å²) in [4.78, 5) is 8.34. The molecular formula is C14H14N4OS. The SMILES string of the molecule is CSc1nc(N)c(C#N)c(COc2ccccc2C)n1. The summed E-state index contributed by atoms with van der Waals surface area (Å²) in [6.07, 6.45) is 1.85. The van der Waals surface area contributed by atoms with Crippen molar-refractivity contribution in [3.8, 4) is 11.8 Å². The second-order valence-corrected chi connectivity index (χ2v) is 4.86. The number of hydrogen-bond acceptors (Lipinski definition) is 6. The van der Waals surface area contributed by atoms with Crippen LogP contribution in [0, 0.1) is 18.3 Å². The molecule has 0 saturated carbocycles. The second-order valence-electron chi connectivity index (χ2n) is 4.08. The fourth-order valence-corrected chi connectivity index (χ4v) is 2.08. The highest BCUT2D eigenvalue weighted by Crippen LogP contribution is 2.21. The van der Waals surface area contributed by atoms with Gasteiger partial charge in [-0.1, -0.05) is 30.0 Å². The molecule has 1 aromatic carbocycles. The van der Waals surface area contributed by atoms with E-state index in [2.05, 4.69) is 9.97 Å². The Morgan fingerprint density at radius 3 is 2.75 bits per heavy atom. The van der Waals surface area contributed by atoms with E-state index >= 15 is 0 Å². The molecule has 0 radical (unpaired) electrons. The Labute approximate surface area is 121 Å². The zero-order valence-corrected chi connectivity index (χ0v) is 12.1. The third-order valence-corrected chi connectivity index (χ3v) is 3.29. The molecule has 0 aliphatic heterocycles. The van der Waals surface area contributed by atoms with Gasteiger partial charge in [-0.05, 0) is 24.8 Å². The van der Waals surface area contributed by atoms with E-state index in [0.717, 1.165) is 11.3 Å². The zero-order chi connectivity index (χ0) is 14.5. The molecule has 1 heterocycles. The molecular weight excluding hydrogens is 272 g/mol. The predicted molar refractivity (Wildman–Crippen MR) is 78.5 cm³/mol. The Kier molecular flexibility index (Phi) is 4.43. The largest absolute Gasteiger partial charge is 0.487 e. The van der Waals surface area contributed by atoms with Crippen molar-refractivity contribution >= 4 is 17.6 Å². The summed E-state index contributed by atoms with van der Waals surface area (Å²) < 4.78 is 5.71. The van der Waals surface area contributed by atoms with Gasteiger partial charge in [-0.2, -0.15) is 5.26 Å². The van der Waals surface area contributed by atoms with Crippen molar-refractivity contribution in [1.82, 2.24) is 9.97 Å². The molecule has 0 spiro atoms. The fourth-order valence-electron chi connectivity index (χ4n) is 1.69. The van der Waals surface area contributed by atoms with E-state index in [9.17, 15) is 0 Å². The van der Waals surface area contributed by atoms with E-state index < -0.39 is 0 Å². The Morgan fingerprint density at radius 2 is 2.10 bits per heavy atom. The van der Waals surface area contributed by atoms with Crippen LogP contribution in [0.2, 0.25) is 0 Å². The van der Waals surface area contributed by atoms with Crippen LogP contribution < -0.4 is 10.5 Å². The number of para-hydroxylation sites is 1. The predicted octanol–water partition coefficient (Wildman–Crippen LogP) is 2.54. The van der Waals surface area contributed by atoms with Gasteiger partial charge >= 0.3 is 0 Å². The van der Waals surface area contributed by atoms with E-state index in [1.165, 1.54) is 11.8 Å². The van der Waals surface area contributed by atoms with Crippen LogP contribution in [0.15, 0.2) is 29.4 Å². The fraction of sp³-hybridized carbons (Fsp3) is 0.214. The van der Waals surface area contributed by atoms with Crippen molar-refractivity contribution in [2.45, 2.75) is 18.7 Å². The van der Waals surface area contributed by atoms with Gasteiger partial charge in [0, 0.05) is 0 Å². The maximum absolute atomic E-state index is 9.14. The molecule has 2 aromatic rings. The number of nitrogens with zero attached hydrogens (tertiary/aromatic N) is 3. The van der Waals surface area contributed by atoms with Gasteiger partial charge in [0.05, 0.1) is 0 Å². The van der Waals surface area contributed by atoms with Gasteiger partial charge in [0.15, 0.2) is 5.16 Å². The molecule has 0 atom stereocenters. The Bertz CT molecular complexity index is 667. The first-order valence-corrected chi connectivity index (χ1v) is 7.17. The van der Waals surface area contributed by atoms with E-state index in [1.54, 1.807) is 0 Å². The molecule has 2 rings (SSSR count). The molecule has 0 saturated heterocycles. The molecule has 0 unspecified atom stereocenters. The number of nitriles is 1. The summed E-state index contributed by atoms with van der Waals surface area (Å²) >= 11 is 1.37. The maximum atomic E-state index is 9.14. The molecule has 5 nitrogen and oxygen atoms in total. The van der Waals surface area contributed by atoms with Gasteiger partial charge in [0.2, 0.25) is 0 Å². The average molecular weight is 286 g/mol. The van der Waals surface area contributed by atoms with E-state index in [0.29, 0.717) is 10.9 Å². The number of nitrogens with two attached hydrogens (primary N) is 1. The first-order chi connectivity index (χ1) is 9.65. The van der Waals surface area contributed by atoms with Crippen LogP contribution in [-0.2, 0) is 6.61 Å². The lowest BCUT2D eigenvalue weighted by Crippen LogP contribution is -2.08. The second kappa shape index (κ2) is 6.26. The standard InChI is InChI=1S/C14H14N4OS/c1-9-5-3-4-6-12(9)19-8-11-10(7-15)13(16)18-14(17-11)20-2/h3-6H,8H2,1-2H3,(H2,16,17,18). The van der Waals surface area contributed by atoms with Crippen molar-refractivity contribution in [2.75, 3.05) is 12.0 Å². The average Bonchev–Trinajstić information content (AvgIpc) is 2.46. The number of ether oxygens (including phenoxy) is 1. The molecule has 0 amide bonds. The lowest BCUT2D eigenvalue weighted by atomic mass is 10.2. The van der Waals surface area contributed by atoms with E-state index in [1.807, 2.05) is 43.5 Å². The highest BCUT2D eigenvalue weighted by atomic mass is 32.2. The topological polar surface area (TPSA) is 84.8 Å². The van der Waals surface area contributed by atoms with Gasteiger partial charge in [0.25, 0.3) is 0 Å². The third kappa shape index (κ3) is 3.00. The highest BCUT2D eigenvalue weighted by Gasteiger charge is 2.13. The van der Waals surface area contributed by atoms with Crippen LogP contribution in [-0.4, -0.2) is 16.2 Å². The summed E-state index contributed by atoms with van der Waals surface area (Å²) in [5, 5.41) is 9.67. The minimum Gasteiger partial charge on any atom is -0.487 e. The molecule has 6 heteroatoms. The lowest BCUT2D eigenvalue weighted by Gasteiger charge is -2.10. The van der Waals surface area contributed by atoms with Gasteiger partial charge in [-0.25, -0.2) is 9.97 Å². The summed E-state index contributed by atoms with van der Waals surface area (Å²) in [6.45, 7) is 2.15. The number of thioether (sulfide) groups is 1. The zero-order valence-electron chi connectivity index (χ0n) is 11.3. The van der Waals surface area contributed by atoms with Crippen molar-refractivity contribution in [3.05, 3.63) is 41.1 Å². The number of aryl methyl sites for hydroxylation is 1. The van der Waals surface area contributed by atoms with Gasteiger partial charge < -0.3 is 10.5 Å². The number of hydrogen-bond donors (Lipinski definition) is 1. The maximum Gasteiger partial charge on any atom is 0.189 e. The molecule has 0 bridgehead atoms. The summed E-state index contributed by atoms with van der Waals surface area (Å²) in [6, 6.07) is 9.70. The lowest BCUT2D eigenvalue weighted by molar-refractivity contribution is 0.297. The molecule has 1 aromatic heterocycles. The van der Waals surface area contributed by atoms with Crippen LogP contribution in [0.1, 0.15) is 16.8 Å². The normalized spacial score (nSPS) is 10.1. The number of aromatic nitrogens is 2. The third-order valence-electron chi connectivity index (χ3n) is 2.74. The summed E-state index contributed by atoms with van der Waals surface area (Å²) in [5.41, 5.74) is 7.57. The Balaban J connectivity index is 2.27. The quantitative estimate of drug-likeness (QED) is 0.686. The smallest absolute Gasteiger partial charge is 0.189 e. The van der Waals surface area contributed by atoms with Crippen molar-refractivity contribution in [1.29, 1.82) is 5.26 Å².